The Balaban J connectivity index is 0.000000370. The van der Waals surface area contributed by atoms with Crippen molar-refractivity contribution in [2.45, 2.75) is 13.8 Å². The first-order valence-corrected chi connectivity index (χ1v) is 15.6. The molecular weight excluding hydrogens is 603 g/mol. The van der Waals surface area contributed by atoms with E-state index >= 15 is 0 Å². The van der Waals surface area contributed by atoms with Crippen LogP contribution >= 0.6 is 24.8 Å². The SMILES string of the molecule is Cc1cc2c(-c3cccc4ccccc34)cccc2[cH-]1.Cc1cc2c(-c3ccccc3)cccc2[cH-]1.Cl.Cl.[CH3-].[CH3-].[Si]=[Ti]. The number of fused-ring (bicyclic) bond motifs is 3. The maximum atomic E-state index is 2.97. The predicted octanol–water partition coefficient (Wildman–Crippen LogP) is 11.6. The van der Waals surface area contributed by atoms with Crippen LogP contribution in [-0.2, 0) is 19.2 Å². The molecule has 0 atom stereocenters. The van der Waals surface area contributed by atoms with Crippen LogP contribution in [0.2, 0.25) is 0 Å². The van der Waals surface area contributed by atoms with E-state index in [0.717, 1.165) is 0 Å². The Morgan fingerprint density at radius 1 is 0.476 bits per heavy atom. The molecular formula is C38H36Cl2SiTi-4. The summed E-state index contributed by atoms with van der Waals surface area (Å²) in [6.45, 7) is 4.31. The third kappa shape index (κ3) is 7.92. The molecule has 0 aliphatic carbocycles. The molecule has 0 fully saturated rings. The van der Waals surface area contributed by atoms with Crippen molar-refractivity contribution in [3.8, 4) is 22.3 Å². The van der Waals surface area contributed by atoms with Crippen LogP contribution in [0.1, 0.15) is 11.1 Å². The molecule has 7 aromatic carbocycles. The van der Waals surface area contributed by atoms with Crippen molar-refractivity contribution in [1.29, 1.82) is 0 Å². The van der Waals surface area contributed by atoms with E-state index in [9.17, 15) is 0 Å². The van der Waals surface area contributed by atoms with Crippen LogP contribution in [0, 0.1) is 28.7 Å². The maximum absolute atomic E-state index is 2.97. The topological polar surface area (TPSA) is 0 Å². The van der Waals surface area contributed by atoms with Crippen molar-refractivity contribution in [2.75, 3.05) is 0 Å². The van der Waals surface area contributed by atoms with E-state index in [2.05, 4.69) is 155 Å². The first kappa shape index (κ1) is 37.1. The zero-order valence-corrected chi connectivity index (χ0v) is 28.7. The van der Waals surface area contributed by atoms with Crippen molar-refractivity contribution in [3.05, 3.63) is 159 Å². The number of rotatable bonds is 2. The van der Waals surface area contributed by atoms with Crippen LogP contribution in [0.5, 0.6) is 0 Å². The molecule has 0 aliphatic heterocycles. The Bertz CT molecular complexity index is 1830. The van der Waals surface area contributed by atoms with Crippen molar-refractivity contribution in [1.82, 2.24) is 0 Å². The fourth-order valence-electron chi connectivity index (χ4n) is 5.33. The van der Waals surface area contributed by atoms with Crippen molar-refractivity contribution in [2.24, 2.45) is 0 Å². The van der Waals surface area contributed by atoms with Crippen molar-refractivity contribution >= 4 is 64.8 Å². The molecule has 0 unspecified atom stereocenters. The van der Waals surface area contributed by atoms with E-state index in [0.29, 0.717) is 0 Å². The Morgan fingerprint density at radius 3 is 1.50 bits per heavy atom. The molecule has 0 amide bonds. The summed E-state index contributed by atoms with van der Waals surface area (Å²) in [7, 11) is 2.97. The molecule has 0 aromatic heterocycles. The molecule has 0 N–H and O–H groups in total. The second kappa shape index (κ2) is 17.3. The first-order chi connectivity index (χ1) is 18.7. The summed E-state index contributed by atoms with van der Waals surface area (Å²) in [6, 6.07) is 47.8. The molecule has 7 rings (SSSR count). The number of hydrogen-bond acceptors (Lipinski definition) is 0. The Hall–Kier alpha value is -2.91. The summed E-state index contributed by atoms with van der Waals surface area (Å²) < 4.78 is 0. The Kier molecular flexibility index (Phi) is 15.3. The second-order valence-corrected chi connectivity index (χ2v) is 9.58. The number of aryl methyl sites for hydroxylation is 2. The van der Waals surface area contributed by atoms with Gasteiger partial charge in [-0.3, -0.25) is 0 Å². The molecule has 0 heterocycles. The minimum absolute atomic E-state index is 0. The van der Waals surface area contributed by atoms with Gasteiger partial charge in [0.2, 0.25) is 0 Å². The monoisotopic (exact) mass is 638 g/mol. The summed E-state index contributed by atoms with van der Waals surface area (Å²) in [5, 5.41) is 7.98. The summed E-state index contributed by atoms with van der Waals surface area (Å²) in [5.41, 5.74) is 7.92. The first-order valence-electron chi connectivity index (χ1n) is 12.8. The van der Waals surface area contributed by atoms with E-state index < -0.39 is 0 Å². The van der Waals surface area contributed by atoms with E-state index in [1.165, 1.54) is 65.7 Å². The van der Waals surface area contributed by atoms with E-state index in [1.54, 1.807) is 19.2 Å². The molecule has 7 aromatic rings. The van der Waals surface area contributed by atoms with Gasteiger partial charge in [-0.1, -0.05) is 110 Å². The van der Waals surface area contributed by atoms with Crippen LogP contribution in [0.15, 0.2) is 133 Å². The van der Waals surface area contributed by atoms with Gasteiger partial charge < -0.3 is 14.9 Å². The minimum atomic E-state index is 0. The van der Waals surface area contributed by atoms with Crippen LogP contribution in [0.3, 0.4) is 0 Å². The summed E-state index contributed by atoms with van der Waals surface area (Å²) in [4.78, 5) is 0. The van der Waals surface area contributed by atoms with Crippen LogP contribution in [0.4, 0.5) is 0 Å². The third-order valence-corrected chi connectivity index (χ3v) is 6.95. The van der Waals surface area contributed by atoms with Gasteiger partial charge in [-0.05, 0) is 21.9 Å². The van der Waals surface area contributed by atoms with Gasteiger partial charge in [-0.15, -0.1) is 93.9 Å². The second-order valence-electron chi connectivity index (χ2n) is 9.58. The van der Waals surface area contributed by atoms with E-state index in [4.69, 9.17) is 0 Å². The zero-order chi connectivity index (χ0) is 26.5. The van der Waals surface area contributed by atoms with Crippen LogP contribution in [-0.4, -0.2) is 7.63 Å². The zero-order valence-electron chi connectivity index (χ0n) is 24.5. The number of benzene rings is 5. The van der Waals surface area contributed by atoms with Gasteiger partial charge >= 0.3 is 26.8 Å². The molecule has 42 heavy (non-hydrogen) atoms. The normalized spacial score (nSPS) is 9.55. The fourth-order valence-corrected chi connectivity index (χ4v) is 5.33. The summed E-state index contributed by atoms with van der Waals surface area (Å²) in [5.74, 6) is 0. The summed E-state index contributed by atoms with van der Waals surface area (Å²) >= 11 is 1.81. The van der Waals surface area contributed by atoms with Gasteiger partial charge in [0.15, 0.2) is 0 Å². The molecule has 214 valence electrons. The van der Waals surface area contributed by atoms with Crippen molar-refractivity contribution < 1.29 is 19.2 Å². The molecule has 0 bridgehead atoms. The number of halogens is 2. The predicted molar refractivity (Wildman–Crippen MR) is 190 cm³/mol. The molecule has 0 aliphatic rings. The molecule has 0 nitrogen and oxygen atoms in total. The average Bonchev–Trinajstić information content (AvgIpc) is 3.55. The van der Waals surface area contributed by atoms with Crippen LogP contribution < -0.4 is 0 Å². The molecule has 0 saturated heterocycles. The molecule has 0 spiro atoms. The Morgan fingerprint density at radius 2 is 0.905 bits per heavy atom. The van der Waals surface area contributed by atoms with Crippen molar-refractivity contribution in [3.63, 3.8) is 0 Å². The number of hydrogen-bond donors (Lipinski definition) is 0. The van der Waals surface area contributed by atoms with Gasteiger partial charge in [-0.25, -0.2) is 0 Å². The standard InChI is InChI=1S/C20H15.C16H13.2CH3.2ClH.Si.Ti/c1-14-12-16-8-5-11-19(20(16)13-14)18-10-4-7-15-6-2-3-9-17(15)18;1-12-10-14-8-5-9-15(16(14)11-12)13-6-3-2-4-7-13;;;;;;/h2-13H,1H3;2-11H,1H3;2*1H3;2*1H;;/q4*-1;;;;. The Labute approximate surface area is 277 Å². The van der Waals surface area contributed by atoms with Gasteiger partial charge in [0.1, 0.15) is 0 Å². The van der Waals surface area contributed by atoms with E-state index in [-0.39, 0.29) is 39.7 Å². The quantitative estimate of drug-likeness (QED) is 0.130. The van der Waals surface area contributed by atoms with Gasteiger partial charge in [-0.2, -0.15) is 12.1 Å². The molecule has 4 heteroatoms. The van der Waals surface area contributed by atoms with Gasteiger partial charge in [0.05, 0.1) is 0 Å². The third-order valence-electron chi connectivity index (χ3n) is 6.95. The van der Waals surface area contributed by atoms with E-state index in [1.807, 2.05) is 0 Å². The average molecular weight is 640 g/mol. The fraction of sp³-hybridized carbons (Fsp3) is 0.0526. The molecule has 0 saturated carbocycles. The van der Waals surface area contributed by atoms with Gasteiger partial charge in [0, 0.05) is 0 Å². The molecule has 2 radical (unpaired) electrons. The summed E-state index contributed by atoms with van der Waals surface area (Å²) in [6.07, 6.45) is 0. The van der Waals surface area contributed by atoms with Crippen LogP contribution in [0.25, 0.3) is 54.6 Å². The van der Waals surface area contributed by atoms with Gasteiger partial charge in [0.25, 0.3) is 0 Å².